The molecule has 4 rings (SSSR count). The summed E-state index contributed by atoms with van der Waals surface area (Å²) in [5.74, 6) is -0.736. The normalized spacial score (nSPS) is 18.0. The number of halogens is 2. The van der Waals surface area contributed by atoms with E-state index in [0.29, 0.717) is 46.4 Å². The summed E-state index contributed by atoms with van der Waals surface area (Å²) in [7, 11) is 0. The summed E-state index contributed by atoms with van der Waals surface area (Å²) < 4.78 is 0. The third kappa shape index (κ3) is 6.08. The van der Waals surface area contributed by atoms with Crippen LogP contribution in [0.25, 0.3) is 22.3 Å². The van der Waals surface area contributed by atoms with Gasteiger partial charge in [-0.15, -0.1) is 0 Å². The predicted octanol–water partition coefficient (Wildman–Crippen LogP) is 5.01. The number of Topliss-reactive ketones (excluding diaryl/α,β-unsaturated/α-hetero) is 1. The third-order valence-corrected chi connectivity index (χ3v) is 7.14. The number of hydrogen-bond donors (Lipinski definition) is 5. The number of nitrogens with zero attached hydrogens (tertiary/aromatic N) is 2. The van der Waals surface area contributed by atoms with Crippen LogP contribution in [0.1, 0.15) is 49.9 Å². The number of carboxylic acid groups (broad SMARTS) is 1. The first-order valence-corrected chi connectivity index (χ1v) is 12.8. The van der Waals surface area contributed by atoms with E-state index in [4.69, 9.17) is 33.3 Å². The van der Waals surface area contributed by atoms with Gasteiger partial charge in [-0.05, 0) is 63.8 Å². The molecule has 200 valence electrons. The Hall–Kier alpha value is -3.63. The van der Waals surface area contributed by atoms with Crippen molar-refractivity contribution in [2.45, 2.75) is 57.7 Å². The van der Waals surface area contributed by atoms with Crippen molar-refractivity contribution in [2.75, 3.05) is 5.32 Å². The van der Waals surface area contributed by atoms with E-state index in [1.54, 1.807) is 24.3 Å². The number of carbonyl (C=O) groups excluding carboxylic acids is 2. The van der Waals surface area contributed by atoms with Crippen LogP contribution in [-0.2, 0) is 4.79 Å². The van der Waals surface area contributed by atoms with Crippen LogP contribution in [-0.4, -0.2) is 56.1 Å². The zero-order valence-electron chi connectivity index (χ0n) is 20.7. The molecular weight excluding hydrogens is 533 g/mol. The molecular formula is C26H27Cl2N5O5. The highest BCUT2D eigenvalue weighted by molar-refractivity contribution is 6.37. The zero-order valence-corrected chi connectivity index (χ0v) is 22.2. The Morgan fingerprint density at radius 2 is 1.68 bits per heavy atom. The maximum Gasteiger partial charge on any atom is 0.405 e. The van der Waals surface area contributed by atoms with Crippen LogP contribution in [0.3, 0.4) is 0 Å². The maximum atomic E-state index is 12.5. The summed E-state index contributed by atoms with van der Waals surface area (Å²) in [6, 6.07) is 5.78. The first kappa shape index (κ1) is 27.4. The van der Waals surface area contributed by atoms with Gasteiger partial charge in [0.05, 0.1) is 32.5 Å². The quantitative estimate of drug-likeness (QED) is 0.253. The number of aromatic nitrogens is 2. The van der Waals surface area contributed by atoms with E-state index in [-0.39, 0.29) is 39.6 Å². The molecule has 0 aliphatic heterocycles. The Morgan fingerprint density at radius 1 is 1.05 bits per heavy atom. The first-order chi connectivity index (χ1) is 18.0. The number of aromatic hydroxyl groups is 1. The zero-order chi connectivity index (χ0) is 27.6. The smallest absolute Gasteiger partial charge is 0.405 e. The highest BCUT2D eigenvalue weighted by Gasteiger charge is 2.26. The van der Waals surface area contributed by atoms with Crippen molar-refractivity contribution in [2.24, 2.45) is 0 Å². The minimum atomic E-state index is -1.25. The molecule has 3 aromatic rings. The largest absolute Gasteiger partial charge is 0.505 e. The van der Waals surface area contributed by atoms with Crippen LogP contribution in [0.2, 0.25) is 10.0 Å². The molecule has 2 aromatic heterocycles. The Bertz CT molecular complexity index is 1390. The molecule has 1 aromatic carbocycles. The van der Waals surface area contributed by atoms with E-state index in [1.807, 2.05) is 0 Å². The fourth-order valence-corrected chi connectivity index (χ4v) is 5.00. The molecule has 1 unspecified atom stereocenters. The highest BCUT2D eigenvalue weighted by Crippen LogP contribution is 2.37. The molecule has 0 radical (unpaired) electrons. The van der Waals surface area contributed by atoms with Gasteiger partial charge in [0.25, 0.3) is 0 Å². The lowest BCUT2D eigenvalue weighted by atomic mass is 9.90. The molecule has 1 aliphatic carbocycles. The summed E-state index contributed by atoms with van der Waals surface area (Å²) in [4.78, 5) is 44.7. The summed E-state index contributed by atoms with van der Waals surface area (Å²) in [6.07, 6.45) is 3.09. The van der Waals surface area contributed by atoms with Gasteiger partial charge < -0.3 is 26.2 Å². The van der Waals surface area contributed by atoms with Crippen molar-refractivity contribution in [3.05, 3.63) is 46.1 Å². The van der Waals surface area contributed by atoms with Gasteiger partial charge in [0.15, 0.2) is 11.5 Å². The van der Waals surface area contributed by atoms with Crippen molar-refractivity contribution in [3.63, 3.8) is 0 Å². The van der Waals surface area contributed by atoms with Gasteiger partial charge in [0, 0.05) is 23.8 Å². The van der Waals surface area contributed by atoms with Gasteiger partial charge in [0.1, 0.15) is 11.6 Å². The molecule has 0 saturated heterocycles. The van der Waals surface area contributed by atoms with Crippen molar-refractivity contribution < 1.29 is 24.6 Å². The van der Waals surface area contributed by atoms with Gasteiger partial charge in [0.2, 0.25) is 5.91 Å². The van der Waals surface area contributed by atoms with E-state index in [9.17, 15) is 19.5 Å². The molecule has 0 bridgehead atoms. The molecule has 10 nitrogen and oxygen atoms in total. The fourth-order valence-electron chi connectivity index (χ4n) is 4.52. The summed E-state index contributed by atoms with van der Waals surface area (Å²) in [5.41, 5.74) is 3.24. The lowest BCUT2D eigenvalue weighted by molar-refractivity contribution is -0.123. The molecule has 2 heterocycles. The fraction of sp³-hybridized carbons (Fsp3) is 0.346. The monoisotopic (exact) mass is 559 g/mol. The minimum absolute atomic E-state index is 0.0180. The summed E-state index contributed by atoms with van der Waals surface area (Å²) in [6.45, 7) is 2.96. The van der Waals surface area contributed by atoms with Crippen molar-refractivity contribution in [1.29, 1.82) is 0 Å². The second kappa shape index (κ2) is 11.4. The lowest BCUT2D eigenvalue weighted by Crippen LogP contribution is -2.49. The summed E-state index contributed by atoms with van der Waals surface area (Å²) in [5, 5.41) is 27.5. The number of fused-ring (bicyclic) bond motifs is 1. The Morgan fingerprint density at radius 3 is 2.29 bits per heavy atom. The number of carbonyl (C=O) groups is 3. The second-order valence-corrected chi connectivity index (χ2v) is 10.1. The van der Waals surface area contributed by atoms with E-state index in [0.717, 1.165) is 12.8 Å². The Balaban J connectivity index is 1.56. The Labute approximate surface area is 228 Å². The number of ketones is 1. The predicted molar refractivity (Wildman–Crippen MR) is 145 cm³/mol. The minimum Gasteiger partial charge on any atom is -0.505 e. The topological polar surface area (TPSA) is 154 Å². The van der Waals surface area contributed by atoms with E-state index in [2.05, 4.69) is 20.9 Å². The van der Waals surface area contributed by atoms with E-state index < -0.39 is 12.1 Å². The van der Waals surface area contributed by atoms with Gasteiger partial charge in [-0.1, -0.05) is 23.2 Å². The number of rotatable bonds is 7. The first-order valence-electron chi connectivity index (χ1n) is 12.1. The molecule has 1 saturated carbocycles. The number of nitrogens with one attached hydrogen (secondary N) is 3. The molecule has 1 fully saturated rings. The molecule has 12 heteroatoms. The van der Waals surface area contributed by atoms with Crippen molar-refractivity contribution in [3.8, 4) is 17.0 Å². The van der Waals surface area contributed by atoms with Gasteiger partial charge in [-0.2, -0.15) is 0 Å². The van der Waals surface area contributed by atoms with Gasteiger partial charge in [-0.25, -0.2) is 9.78 Å². The van der Waals surface area contributed by atoms with E-state index in [1.165, 1.54) is 20.0 Å². The van der Waals surface area contributed by atoms with Crippen LogP contribution >= 0.6 is 23.2 Å². The van der Waals surface area contributed by atoms with E-state index >= 15 is 0 Å². The van der Waals surface area contributed by atoms with Crippen LogP contribution in [0.15, 0.2) is 30.5 Å². The number of benzene rings is 1. The van der Waals surface area contributed by atoms with Crippen molar-refractivity contribution >= 4 is 57.7 Å². The third-order valence-electron chi connectivity index (χ3n) is 6.56. The number of phenols is 1. The number of pyridine rings is 2. The molecule has 0 spiro atoms. The van der Waals surface area contributed by atoms with Gasteiger partial charge >= 0.3 is 6.09 Å². The molecule has 1 atom stereocenters. The van der Waals surface area contributed by atoms with Crippen molar-refractivity contribution in [1.82, 2.24) is 20.6 Å². The number of anilines is 1. The van der Waals surface area contributed by atoms with Crippen LogP contribution in [0.5, 0.6) is 5.75 Å². The molecule has 5 N–H and O–H groups in total. The number of hydrogen-bond acceptors (Lipinski definition) is 7. The van der Waals surface area contributed by atoms with Gasteiger partial charge in [-0.3, -0.25) is 14.6 Å². The molecule has 1 aliphatic rings. The SMILES string of the molecule is CC(=O)c1cnc2ccc(-c3cc(Cl)c(O)c(Cl)c3)nc2c1N[C@H]1CC[C@H](NC(=O)C(C)NC(=O)O)CC1. The number of amides is 2. The summed E-state index contributed by atoms with van der Waals surface area (Å²) >= 11 is 12.2. The van der Waals surface area contributed by atoms with Crippen LogP contribution in [0, 0.1) is 0 Å². The van der Waals surface area contributed by atoms with Crippen LogP contribution < -0.4 is 16.0 Å². The lowest BCUT2D eigenvalue weighted by Gasteiger charge is -2.31. The van der Waals surface area contributed by atoms with Crippen LogP contribution in [0.4, 0.5) is 10.5 Å². The second-order valence-electron chi connectivity index (χ2n) is 9.33. The number of phenolic OH excluding ortho intramolecular Hbond substituents is 1. The standard InChI is InChI=1S/C26H27Cl2N5O5/c1-12(30-26(37)38)25(36)32-16-5-3-15(4-6-16)31-22-17(13(2)34)11-29-21-8-7-20(33-23(21)22)14-9-18(27)24(35)19(28)10-14/h7-12,15-16,30,35H,3-6H2,1-2H3,(H,29,31)(H,32,36)(H,37,38)/t12?,15-,16-. The maximum absolute atomic E-state index is 12.5. The highest BCUT2D eigenvalue weighted by atomic mass is 35.5. The average Bonchev–Trinajstić information content (AvgIpc) is 2.87. The molecule has 2 amide bonds. The average molecular weight is 560 g/mol. The molecule has 38 heavy (non-hydrogen) atoms. The Kier molecular flexibility index (Phi) is 8.23.